The van der Waals surface area contributed by atoms with E-state index < -0.39 is 9.84 Å². The molecule has 0 bridgehead atoms. The molecule has 1 aromatic carbocycles. The molecule has 1 aromatic rings. The topological polar surface area (TPSA) is 72.2 Å². The average molecular weight is 214 g/mol. The number of nitrogens with two attached hydrogens (primary N) is 1. The molecule has 4 nitrogen and oxygen atoms in total. The van der Waals surface area contributed by atoms with Gasteiger partial charge < -0.3 is 0 Å². The molecule has 3 N–H and O–H groups in total. The smallest absolute Gasteiger partial charge is 0.179 e. The number of aryl methyl sites for hydroxylation is 1. The molecule has 0 unspecified atom stereocenters. The largest absolute Gasteiger partial charge is 0.271 e. The van der Waals surface area contributed by atoms with Gasteiger partial charge in [-0.1, -0.05) is 17.7 Å². The fraction of sp³-hybridized carbons (Fsp3) is 0.333. The van der Waals surface area contributed by atoms with Crippen molar-refractivity contribution in [3.63, 3.8) is 0 Å². The van der Waals surface area contributed by atoms with Crippen LogP contribution < -0.4 is 11.3 Å². The van der Waals surface area contributed by atoms with Crippen molar-refractivity contribution >= 4 is 9.84 Å². The van der Waals surface area contributed by atoms with Crippen LogP contribution in [0.5, 0.6) is 0 Å². The summed E-state index contributed by atoms with van der Waals surface area (Å²) in [6, 6.07) is 6.79. The average Bonchev–Trinajstić information content (AvgIpc) is 2.16. The fourth-order valence-electron chi connectivity index (χ4n) is 1.06. The predicted molar refractivity (Wildman–Crippen MR) is 55.4 cm³/mol. The number of benzene rings is 1. The molecule has 0 radical (unpaired) electrons. The molecule has 0 fully saturated rings. The second-order valence-electron chi connectivity index (χ2n) is 3.09. The van der Waals surface area contributed by atoms with E-state index in [0.29, 0.717) is 4.90 Å². The SMILES string of the molecule is Cc1ccc(S(=O)(=O)CCNN)cc1. The Morgan fingerprint density at radius 1 is 1.29 bits per heavy atom. The molecular weight excluding hydrogens is 200 g/mol. The van der Waals surface area contributed by atoms with Crippen LogP contribution in [-0.4, -0.2) is 20.7 Å². The lowest BCUT2D eigenvalue weighted by molar-refractivity contribution is 0.592. The summed E-state index contributed by atoms with van der Waals surface area (Å²) in [5.74, 6) is 5.04. The Kier molecular flexibility index (Phi) is 3.62. The lowest BCUT2D eigenvalue weighted by atomic mass is 10.2. The number of hydrogen-bond acceptors (Lipinski definition) is 4. The Hall–Kier alpha value is -0.910. The summed E-state index contributed by atoms with van der Waals surface area (Å²) >= 11 is 0. The van der Waals surface area contributed by atoms with Crippen LogP contribution in [0.1, 0.15) is 5.56 Å². The van der Waals surface area contributed by atoms with Crippen molar-refractivity contribution < 1.29 is 8.42 Å². The van der Waals surface area contributed by atoms with Crippen molar-refractivity contribution in [3.8, 4) is 0 Å². The first kappa shape index (κ1) is 11.2. The Morgan fingerprint density at radius 3 is 2.36 bits per heavy atom. The molecule has 1 rings (SSSR count). The standard InChI is InChI=1S/C9H14N2O2S/c1-8-2-4-9(5-3-8)14(12,13)7-6-11-10/h2-5,11H,6-7,10H2,1H3. The molecule has 0 heterocycles. The first-order valence-corrected chi connectivity index (χ1v) is 5.94. The Morgan fingerprint density at radius 2 is 1.86 bits per heavy atom. The molecule has 0 aliphatic rings. The normalized spacial score (nSPS) is 11.6. The zero-order valence-corrected chi connectivity index (χ0v) is 8.84. The number of sulfone groups is 1. The van der Waals surface area contributed by atoms with Gasteiger partial charge in [0.1, 0.15) is 0 Å². The molecule has 0 saturated carbocycles. The van der Waals surface area contributed by atoms with E-state index in [-0.39, 0.29) is 12.3 Å². The quantitative estimate of drug-likeness (QED) is 0.556. The maximum absolute atomic E-state index is 11.6. The van der Waals surface area contributed by atoms with E-state index in [1.165, 1.54) is 0 Å². The van der Waals surface area contributed by atoms with Crippen molar-refractivity contribution in [3.05, 3.63) is 29.8 Å². The molecule has 0 aliphatic carbocycles. The summed E-state index contributed by atoms with van der Waals surface area (Å²) in [7, 11) is -3.18. The van der Waals surface area contributed by atoms with E-state index in [1.807, 2.05) is 6.92 Å². The van der Waals surface area contributed by atoms with Gasteiger partial charge >= 0.3 is 0 Å². The highest BCUT2D eigenvalue weighted by atomic mass is 32.2. The number of hydrazine groups is 1. The summed E-state index contributed by atoms with van der Waals surface area (Å²) in [5.41, 5.74) is 3.37. The molecule has 0 aliphatic heterocycles. The van der Waals surface area contributed by atoms with Crippen LogP contribution in [0.4, 0.5) is 0 Å². The third-order valence-corrected chi connectivity index (χ3v) is 3.63. The van der Waals surface area contributed by atoms with Crippen molar-refractivity contribution in [2.75, 3.05) is 12.3 Å². The minimum absolute atomic E-state index is 0.0204. The summed E-state index contributed by atoms with van der Waals surface area (Å²) in [6.45, 7) is 2.17. The molecule has 0 saturated heterocycles. The zero-order chi connectivity index (χ0) is 10.6. The summed E-state index contributed by atoms with van der Waals surface area (Å²) in [6.07, 6.45) is 0. The van der Waals surface area contributed by atoms with Gasteiger partial charge in [-0.05, 0) is 19.1 Å². The minimum atomic E-state index is -3.18. The van der Waals surface area contributed by atoms with E-state index in [1.54, 1.807) is 24.3 Å². The van der Waals surface area contributed by atoms with E-state index >= 15 is 0 Å². The second-order valence-corrected chi connectivity index (χ2v) is 5.20. The molecule has 0 amide bonds. The third kappa shape index (κ3) is 2.80. The second kappa shape index (κ2) is 4.54. The molecule has 5 heteroatoms. The zero-order valence-electron chi connectivity index (χ0n) is 8.03. The van der Waals surface area contributed by atoms with E-state index in [2.05, 4.69) is 5.43 Å². The van der Waals surface area contributed by atoms with Gasteiger partial charge in [0.2, 0.25) is 0 Å². The van der Waals surface area contributed by atoms with Gasteiger partial charge in [0.15, 0.2) is 9.84 Å². The van der Waals surface area contributed by atoms with E-state index in [0.717, 1.165) is 5.56 Å². The first-order chi connectivity index (χ1) is 6.56. The summed E-state index contributed by atoms with van der Waals surface area (Å²) in [4.78, 5) is 0.346. The molecule has 78 valence electrons. The van der Waals surface area contributed by atoms with Crippen LogP contribution in [-0.2, 0) is 9.84 Å². The number of rotatable bonds is 4. The Labute approximate surface area is 84.0 Å². The highest BCUT2D eigenvalue weighted by Crippen LogP contribution is 2.11. The van der Waals surface area contributed by atoms with Crippen molar-refractivity contribution in [2.45, 2.75) is 11.8 Å². The van der Waals surface area contributed by atoms with Crippen LogP contribution in [0, 0.1) is 6.92 Å². The van der Waals surface area contributed by atoms with Crippen molar-refractivity contribution in [1.29, 1.82) is 0 Å². The van der Waals surface area contributed by atoms with Gasteiger partial charge in [-0.15, -0.1) is 0 Å². The lowest BCUT2D eigenvalue weighted by Crippen LogP contribution is -2.28. The third-order valence-electron chi connectivity index (χ3n) is 1.90. The molecule has 14 heavy (non-hydrogen) atoms. The van der Waals surface area contributed by atoms with Crippen LogP contribution >= 0.6 is 0 Å². The minimum Gasteiger partial charge on any atom is -0.271 e. The maximum atomic E-state index is 11.6. The van der Waals surface area contributed by atoms with Gasteiger partial charge in [-0.25, -0.2) is 8.42 Å². The summed E-state index contributed by atoms with van der Waals surface area (Å²) in [5, 5.41) is 0. The predicted octanol–water partition coefficient (Wildman–Crippen LogP) is 0.232. The first-order valence-electron chi connectivity index (χ1n) is 4.29. The van der Waals surface area contributed by atoms with Crippen molar-refractivity contribution in [1.82, 2.24) is 5.43 Å². The number of nitrogens with one attached hydrogen (secondary N) is 1. The van der Waals surface area contributed by atoms with Gasteiger partial charge in [-0.2, -0.15) is 0 Å². The molecule has 0 atom stereocenters. The van der Waals surface area contributed by atoms with Gasteiger partial charge in [0.25, 0.3) is 0 Å². The van der Waals surface area contributed by atoms with Crippen molar-refractivity contribution in [2.24, 2.45) is 5.84 Å². The summed E-state index contributed by atoms with van der Waals surface area (Å²) < 4.78 is 23.2. The highest BCUT2D eigenvalue weighted by Gasteiger charge is 2.12. The van der Waals surface area contributed by atoms with E-state index in [9.17, 15) is 8.42 Å². The Balaban J connectivity index is 2.87. The van der Waals surface area contributed by atoms with E-state index in [4.69, 9.17) is 5.84 Å². The monoisotopic (exact) mass is 214 g/mol. The van der Waals surface area contributed by atoms with Crippen LogP contribution in [0.2, 0.25) is 0 Å². The highest BCUT2D eigenvalue weighted by molar-refractivity contribution is 7.91. The number of hydrogen-bond donors (Lipinski definition) is 2. The van der Waals surface area contributed by atoms with Gasteiger partial charge in [-0.3, -0.25) is 11.3 Å². The fourth-order valence-corrected chi connectivity index (χ4v) is 2.23. The van der Waals surface area contributed by atoms with Crippen LogP contribution in [0.3, 0.4) is 0 Å². The van der Waals surface area contributed by atoms with Gasteiger partial charge in [0.05, 0.1) is 10.6 Å². The molecule has 0 spiro atoms. The Bertz CT molecular complexity index is 384. The molecule has 0 aromatic heterocycles. The lowest BCUT2D eigenvalue weighted by Gasteiger charge is -2.03. The van der Waals surface area contributed by atoms with Gasteiger partial charge in [0, 0.05) is 6.54 Å². The molecular formula is C9H14N2O2S. The van der Waals surface area contributed by atoms with Crippen LogP contribution in [0.25, 0.3) is 0 Å². The maximum Gasteiger partial charge on any atom is 0.179 e. The van der Waals surface area contributed by atoms with Crippen LogP contribution in [0.15, 0.2) is 29.2 Å².